The summed E-state index contributed by atoms with van der Waals surface area (Å²) in [5.41, 5.74) is -0.525. The highest BCUT2D eigenvalue weighted by Crippen LogP contribution is 2.21. The van der Waals surface area contributed by atoms with Gasteiger partial charge in [0.15, 0.2) is 0 Å². The van der Waals surface area contributed by atoms with Crippen LogP contribution in [0.25, 0.3) is 0 Å². The lowest BCUT2D eigenvalue weighted by molar-refractivity contribution is -0.132. The van der Waals surface area contributed by atoms with E-state index in [0.717, 1.165) is 25.8 Å². The molecule has 1 rings (SSSR count). The van der Waals surface area contributed by atoms with Crippen molar-refractivity contribution in [3.8, 4) is 0 Å². The Kier molecular flexibility index (Phi) is 6.98. The fraction of sp³-hybridized carbons (Fsp3) is 0.875. The number of carbonyl (C=O) groups excluding carboxylic acids is 2. The second-order valence-corrected chi connectivity index (χ2v) is 7.36. The van der Waals surface area contributed by atoms with E-state index in [9.17, 15) is 9.59 Å². The van der Waals surface area contributed by atoms with Gasteiger partial charge in [-0.15, -0.1) is 11.6 Å². The molecular formula is C16H29ClN2O3. The number of carbonyl (C=O) groups is 2. The molecule has 0 bridgehead atoms. The van der Waals surface area contributed by atoms with Crippen LogP contribution in [0.5, 0.6) is 0 Å². The van der Waals surface area contributed by atoms with E-state index in [1.165, 1.54) is 0 Å². The van der Waals surface area contributed by atoms with E-state index < -0.39 is 5.60 Å². The minimum absolute atomic E-state index is 0.00931. The summed E-state index contributed by atoms with van der Waals surface area (Å²) in [6.07, 6.45) is 2.63. The van der Waals surface area contributed by atoms with Crippen LogP contribution in [0.15, 0.2) is 0 Å². The maximum absolute atomic E-state index is 12.4. The van der Waals surface area contributed by atoms with Gasteiger partial charge in [-0.25, -0.2) is 4.79 Å². The molecule has 1 aliphatic rings. The molecular weight excluding hydrogens is 304 g/mol. The van der Waals surface area contributed by atoms with Crippen molar-refractivity contribution in [3.63, 3.8) is 0 Å². The zero-order valence-corrected chi connectivity index (χ0v) is 15.2. The maximum atomic E-state index is 12.4. The Bertz CT molecular complexity index is 393. The quantitative estimate of drug-likeness (QED) is 0.742. The lowest BCUT2D eigenvalue weighted by atomic mass is 10.0. The number of piperidine rings is 1. The normalized spacial score (nSPS) is 19.2. The zero-order valence-electron chi connectivity index (χ0n) is 14.4. The number of nitrogens with zero attached hydrogens (tertiary/aromatic N) is 2. The summed E-state index contributed by atoms with van der Waals surface area (Å²) < 4.78 is 5.48. The van der Waals surface area contributed by atoms with Gasteiger partial charge in [-0.2, -0.15) is 0 Å². The predicted molar refractivity (Wildman–Crippen MR) is 88.1 cm³/mol. The molecule has 1 heterocycles. The molecule has 1 aliphatic heterocycles. The number of halogens is 1. The van der Waals surface area contributed by atoms with Gasteiger partial charge in [0.05, 0.1) is 0 Å². The van der Waals surface area contributed by atoms with Gasteiger partial charge in [-0.1, -0.05) is 0 Å². The smallest absolute Gasteiger partial charge is 0.410 e. The molecule has 0 saturated carbocycles. The first-order valence-corrected chi connectivity index (χ1v) is 8.54. The second kappa shape index (κ2) is 8.04. The van der Waals surface area contributed by atoms with E-state index in [-0.39, 0.29) is 30.0 Å². The Morgan fingerprint density at radius 1 is 1.32 bits per heavy atom. The highest BCUT2D eigenvalue weighted by molar-refractivity contribution is 6.27. The number of rotatable bonds is 4. The number of alkyl halides is 1. The van der Waals surface area contributed by atoms with Crippen LogP contribution in [0.2, 0.25) is 0 Å². The number of amides is 2. The van der Waals surface area contributed by atoms with Crippen molar-refractivity contribution in [2.45, 2.75) is 71.6 Å². The summed E-state index contributed by atoms with van der Waals surface area (Å²) in [6.45, 7) is 10.7. The third-order valence-electron chi connectivity index (χ3n) is 3.72. The molecule has 0 aromatic carbocycles. The standard InChI is InChI=1S/C16H29ClN2O3/c1-12(2)19(15(21)22-16(3,4)5)11-13-8-6-7-9-18(13)14(20)10-17/h12-13H,6-11H2,1-5H3/t13-/m0/s1. The van der Waals surface area contributed by atoms with Crippen LogP contribution in [0, 0.1) is 0 Å². The van der Waals surface area contributed by atoms with Crippen LogP contribution in [0.4, 0.5) is 4.79 Å². The van der Waals surface area contributed by atoms with E-state index >= 15 is 0 Å². The molecule has 0 radical (unpaired) electrons. The predicted octanol–water partition coefficient (Wildman–Crippen LogP) is 3.25. The van der Waals surface area contributed by atoms with Gasteiger partial charge in [0, 0.05) is 25.2 Å². The molecule has 0 unspecified atom stereocenters. The fourth-order valence-electron chi connectivity index (χ4n) is 2.64. The lowest BCUT2D eigenvalue weighted by Gasteiger charge is -2.40. The van der Waals surface area contributed by atoms with Crippen molar-refractivity contribution in [1.29, 1.82) is 0 Å². The molecule has 2 amide bonds. The van der Waals surface area contributed by atoms with Crippen molar-refractivity contribution in [2.24, 2.45) is 0 Å². The van der Waals surface area contributed by atoms with Crippen LogP contribution in [0.1, 0.15) is 53.9 Å². The molecule has 0 aliphatic carbocycles. The summed E-state index contributed by atoms with van der Waals surface area (Å²) in [7, 11) is 0. The van der Waals surface area contributed by atoms with Crippen molar-refractivity contribution in [2.75, 3.05) is 19.0 Å². The summed E-state index contributed by atoms with van der Waals surface area (Å²) in [5, 5.41) is 0. The van der Waals surface area contributed by atoms with Gasteiger partial charge in [0.2, 0.25) is 5.91 Å². The minimum atomic E-state index is -0.525. The Morgan fingerprint density at radius 2 is 1.95 bits per heavy atom. The van der Waals surface area contributed by atoms with Crippen LogP contribution in [0.3, 0.4) is 0 Å². The van der Waals surface area contributed by atoms with Crippen LogP contribution in [-0.4, -0.2) is 58.5 Å². The number of hydrogen-bond donors (Lipinski definition) is 0. The van der Waals surface area contributed by atoms with Crippen molar-refractivity contribution in [1.82, 2.24) is 9.80 Å². The third kappa shape index (κ3) is 5.67. The van der Waals surface area contributed by atoms with Gasteiger partial charge in [0.25, 0.3) is 0 Å². The van der Waals surface area contributed by atoms with E-state index in [1.54, 1.807) is 4.90 Å². The van der Waals surface area contributed by atoms with Crippen LogP contribution >= 0.6 is 11.6 Å². The average Bonchev–Trinajstić information content (AvgIpc) is 2.41. The van der Waals surface area contributed by atoms with Crippen LogP contribution in [-0.2, 0) is 9.53 Å². The van der Waals surface area contributed by atoms with E-state index in [0.29, 0.717) is 6.54 Å². The van der Waals surface area contributed by atoms with Crippen LogP contribution < -0.4 is 0 Å². The topological polar surface area (TPSA) is 49.9 Å². The molecule has 0 spiro atoms. The highest BCUT2D eigenvalue weighted by atomic mass is 35.5. The van der Waals surface area contributed by atoms with Gasteiger partial charge in [-0.05, 0) is 53.9 Å². The Balaban J connectivity index is 2.80. The Labute approximate surface area is 138 Å². The molecule has 1 atom stereocenters. The Hall–Kier alpha value is -0.970. The largest absolute Gasteiger partial charge is 0.444 e. The Morgan fingerprint density at radius 3 is 2.45 bits per heavy atom. The summed E-state index contributed by atoms with van der Waals surface area (Å²) in [5.74, 6) is -0.0655. The minimum Gasteiger partial charge on any atom is -0.444 e. The lowest BCUT2D eigenvalue weighted by Crippen LogP contribution is -2.53. The molecule has 128 valence electrons. The first kappa shape index (κ1) is 19.1. The summed E-state index contributed by atoms with van der Waals surface area (Å²) in [6, 6.07) is 0.0413. The number of likely N-dealkylation sites (tertiary alicyclic amines) is 1. The summed E-state index contributed by atoms with van der Waals surface area (Å²) >= 11 is 5.70. The van der Waals surface area contributed by atoms with Crippen molar-refractivity contribution in [3.05, 3.63) is 0 Å². The first-order valence-electron chi connectivity index (χ1n) is 8.00. The molecule has 0 N–H and O–H groups in total. The van der Waals surface area contributed by atoms with Gasteiger partial charge in [0.1, 0.15) is 11.5 Å². The zero-order chi connectivity index (χ0) is 16.9. The van der Waals surface area contributed by atoms with E-state index in [4.69, 9.17) is 16.3 Å². The molecule has 6 heteroatoms. The average molecular weight is 333 g/mol. The molecule has 1 saturated heterocycles. The fourth-order valence-corrected chi connectivity index (χ4v) is 2.79. The number of ether oxygens (including phenoxy) is 1. The molecule has 0 aromatic rings. The van der Waals surface area contributed by atoms with Gasteiger partial charge in [-0.3, -0.25) is 4.79 Å². The van der Waals surface area contributed by atoms with Gasteiger partial charge >= 0.3 is 6.09 Å². The van der Waals surface area contributed by atoms with Crippen molar-refractivity contribution < 1.29 is 14.3 Å². The first-order chi connectivity index (χ1) is 10.2. The monoisotopic (exact) mass is 332 g/mol. The second-order valence-electron chi connectivity index (χ2n) is 7.10. The third-order valence-corrected chi connectivity index (χ3v) is 3.95. The SMILES string of the molecule is CC(C)N(C[C@@H]1CCCCN1C(=O)CCl)C(=O)OC(C)(C)C. The molecule has 1 fully saturated rings. The molecule has 5 nitrogen and oxygen atoms in total. The number of hydrogen-bond acceptors (Lipinski definition) is 3. The highest BCUT2D eigenvalue weighted by Gasteiger charge is 2.32. The van der Waals surface area contributed by atoms with Gasteiger partial charge < -0.3 is 14.5 Å². The van der Waals surface area contributed by atoms with Crippen molar-refractivity contribution >= 4 is 23.6 Å². The molecule has 0 aromatic heterocycles. The maximum Gasteiger partial charge on any atom is 0.410 e. The van der Waals surface area contributed by atoms with E-state index in [1.807, 2.05) is 39.5 Å². The van der Waals surface area contributed by atoms with E-state index in [2.05, 4.69) is 0 Å². The summed E-state index contributed by atoms with van der Waals surface area (Å²) in [4.78, 5) is 27.9. The molecule has 22 heavy (non-hydrogen) atoms.